The Morgan fingerprint density at radius 2 is 2.06 bits per heavy atom. The van der Waals surface area contributed by atoms with Gasteiger partial charge in [-0.2, -0.15) is 5.26 Å². The average molecular weight is 324 g/mol. The van der Waals surface area contributed by atoms with E-state index in [4.69, 9.17) is 5.26 Å². The fourth-order valence-electron chi connectivity index (χ4n) is 1.17. The quantitative estimate of drug-likeness (QED) is 0.785. The first-order chi connectivity index (χ1) is 8.30. The molecule has 0 radical (unpaired) electrons. The topological polar surface area (TPSA) is 59.3 Å². The molecule has 18 heavy (non-hydrogen) atoms. The number of hydrogen-bond acceptors (Lipinski definition) is 4. The molecule has 0 aliphatic heterocycles. The van der Waals surface area contributed by atoms with E-state index in [2.05, 4.69) is 25.4 Å². The van der Waals surface area contributed by atoms with Crippen LogP contribution in [0.2, 0.25) is 0 Å². The molecule has 4 nitrogen and oxygen atoms in total. The summed E-state index contributed by atoms with van der Waals surface area (Å²) in [6.45, 7) is 0. The normalized spacial score (nSPS) is 10.7. The van der Waals surface area contributed by atoms with Gasteiger partial charge in [-0.1, -0.05) is 0 Å². The van der Waals surface area contributed by atoms with E-state index in [1.54, 1.807) is 6.07 Å². The molecule has 0 saturated carbocycles. The highest BCUT2D eigenvalue weighted by Gasteiger charge is 2.35. The summed E-state index contributed by atoms with van der Waals surface area (Å²) in [4.78, 5) is 11.4. The third kappa shape index (κ3) is 3.13. The van der Waals surface area contributed by atoms with Gasteiger partial charge in [-0.05, 0) is 28.1 Å². The minimum absolute atomic E-state index is 0.112. The second-order valence-corrected chi connectivity index (χ2v) is 3.80. The maximum atomic E-state index is 12.2. The Balaban J connectivity index is 3.47. The van der Waals surface area contributed by atoms with E-state index in [9.17, 15) is 18.0 Å². The van der Waals surface area contributed by atoms with Crippen molar-refractivity contribution in [1.82, 2.24) is 0 Å². The van der Waals surface area contributed by atoms with Crippen molar-refractivity contribution < 1.29 is 27.4 Å². The van der Waals surface area contributed by atoms with E-state index in [0.717, 1.165) is 7.11 Å². The number of benzene rings is 1. The van der Waals surface area contributed by atoms with Crippen LogP contribution in [0.1, 0.15) is 15.9 Å². The van der Waals surface area contributed by atoms with E-state index in [1.807, 2.05) is 0 Å². The number of methoxy groups -OCH3 is 1. The van der Waals surface area contributed by atoms with Crippen LogP contribution in [0, 0.1) is 11.3 Å². The maximum absolute atomic E-state index is 12.2. The molecule has 0 atom stereocenters. The first-order valence-corrected chi connectivity index (χ1v) is 5.16. The third-order valence-electron chi connectivity index (χ3n) is 1.84. The molecule has 0 N–H and O–H groups in total. The van der Waals surface area contributed by atoms with Crippen molar-refractivity contribution in [3.8, 4) is 11.8 Å². The molecule has 0 spiro atoms. The zero-order chi connectivity index (χ0) is 13.9. The van der Waals surface area contributed by atoms with E-state index in [0.29, 0.717) is 0 Å². The smallest absolute Gasteiger partial charge is 0.465 e. The summed E-state index contributed by atoms with van der Waals surface area (Å²) in [6.07, 6.45) is -4.99. The molecule has 0 aromatic heterocycles. The van der Waals surface area contributed by atoms with Crippen molar-refractivity contribution >= 4 is 21.9 Å². The molecule has 8 heteroatoms. The van der Waals surface area contributed by atoms with Crippen LogP contribution >= 0.6 is 15.9 Å². The summed E-state index contributed by atoms with van der Waals surface area (Å²) < 4.78 is 44.6. The Kier molecular flexibility index (Phi) is 4.19. The zero-order valence-electron chi connectivity index (χ0n) is 8.84. The van der Waals surface area contributed by atoms with Gasteiger partial charge in [-0.25, -0.2) is 4.79 Å². The lowest BCUT2D eigenvalue weighted by atomic mass is 10.1. The van der Waals surface area contributed by atoms with Gasteiger partial charge in [-0.15, -0.1) is 13.2 Å². The Morgan fingerprint density at radius 1 is 1.44 bits per heavy atom. The highest BCUT2D eigenvalue weighted by Crippen LogP contribution is 2.36. The number of nitriles is 1. The summed E-state index contributed by atoms with van der Waals surface area (Å²) in [5.74, 6) is -1.89. The predicted octanol–water partition coefficient (Wildman–Crippen LogP) is 3.01. The number of alkyl halides is 3. The fourth-order valence-corrected chi connectivity index (χ4v) is 1.58. The minimum atomic E-state index is -4.99. The van der Waals surface area contributed by atoms with Gasteiger partial charge in [-0.3, -0.25) is 0 Å². The molecule has 0 saturated heterocycles. The second kappa shape index (κ2) is 5.27. The number of carbonyl (C=O) groups excluding carboxylic acids is 1. The van der Waals surface area contributed by atoms with Crippen LogP contribution in [-0.2, 0) is 4.74 Å². The number of halogens is 4. The number of ether oxygens (including phenoxy) is 2. The average Bonchev–Trinajstić information content (AvgIpc) is 2.29. The standard InChI is InChI=1S/C10H5BrF3NO3/c1-17-9(16)7-5(4-15)2-3-6(11)8(7)18-10(12,13)14/h2-3H,1H3. The van der Waals surface area contributed by atoms with Crippen LogP contribution in [0.5, 0.6) is 5.75 Å². The molecule has 96 valence electrons. The summed E-state index contributed by atoms with van der Waals surface area (Å²) in [5, 5.41) is 8.77. The molecule has 0 unspecified atom stereocenters. The van der Waals surface area contributed by atoms with Crippen molar-refractivity contribution in [2.75, 3.05) is 7.11 Å². The van der Waals surface area contributed by atoms with Crippen LogP contribution in [-0.4, -0.2) is 19.4 Å². The molecule has 1 rings (SSSR count). The first kappa shape index (κ1) is 14.3. The molecule has 1 aromatic carbocycles. The van der Waals surface area contributed by atoms with E-state index < -0.39 is 23.6 Å². The summed E-state index contributed by atoms with van der Waals surface area (Å²) in [5.41, 5.74) is -0.851. The number of carbonyl (C=O) groups is 1. The SMILES string of the molecule is COC(=O)c1c(C#N)ccc(Br)c1OC(F)(F)F. The van der Waals surface area contributed by atoms with E-state index >= 15 is 0 Å². The lowest BCUT2D eigenvalue weighted by Gasteiger charge is -2.14. The lowest BCUT2D eigenvalue weighted by Crippen LogP contribution is -2.20. The van der Waals surface area contributed by atoms with E-state index in [1.165, 1.54) is 12.1 Å². The highest BCUT2D eigenvalue weighted by molar-refractivity contribution is 9.10. The summed E-state index contributed by atoms with van der Waals surface area (Å²) in [7, 11) is 0.988. The van der Waals surface area contributed by atoms with E-state index in [-0.39, 0.29) is 10.0 Å². The molecular formula is C10H5BrF3NO3. The van der Waals surface area contributed by atoms with Gasteiger partial charge < -0.3 is 9.47 Å². The van der Waals surface area contributed by atoms with Gasteiger partial charge in [0, 0.05) is 0 Å². The van der Waals surface area contributed by atoms with Crippen molar-refractivity contribution in [1.29, 1.82) is 5.26 Å². The summed E-state index contributed by atoms with van der Waals surface area (Å²) >= 11 is 2.82. The van der Waals surface area contributed by atoms with Gasteiger partial charge in [0.05, 0.1) is 17.1 Å². The molecule has 0 fully saturated rings. The van der Waals surface area contributed by atoms with Crippen LogP contribution in [0.15, 0.2) is 16.6 Å². The lowest BCUT2D eigenvalue weighted by molar-refractivity contribution is -0.275. The van der Waals surface area contributed by atoms with Gasteiger partial charge in [0.15, 0.2) is 5.75 Å². The molecule has 0 amide bonds. The van der Waals surface area contributed by atoms with Crippen molar-refractivity contribution in [2.45, 2.75) is 6.36 Å². The van der Waals surface area contributed by atoms with Gasteiger partial charge in [0.1, 0.15) is 11.6 Å². The van der Waals surface area contributed by atoms with Crippen molar-refractivity contribution in [3.05, 3.63) is 27.7 Å². The second-order valence-electron chi connectivity index (χ2n) is 2.95. The molecule has 0 bridgehead atoms. The molecule has 0 aliphatic rings. The van der Waals surface area contributed by atoms with Gasteiger partial charge in [0.2, 0.25) is 0 Å². The number of nitrogens with zero attached hydrogens (tertiary/aromatic N) is 1. The number of esters is 1. The Morgan fingerprint density at radius 3 is 2.50 bits per heavy atom. The monoisotopic (exact) mass is 323 g/mol. The predicted molar refractivity (Wildman–Crippen MR) is 56.9 cm³/mol. The van der Waals surface area contributed by atoms with Crippen LogP contribution < -0.4 is 4.74 Å². The van der Waals surface area contributed by atoms with Crippen LogP contribution in [0.3, 0.4) is 0 Å². The number of hydrogen-bond donors (Lipinski definition) is 0. The Hall–Kier alpha value is -1.75. The van der Waals surface area contributed by atoms with Crippen LogP contribution in [0.25, 0.3) is 0 Å². The maximum Gasteiger partial charge on any atom is 0.573 e. The minimum Gasteiger partial charge on any atom is -0.465 e. The van der Waals surface area contributed by atoms with Crippen LogP contribution in [0.4, 0.5) is 13.2 Å². The largest absolute Gasteiger partial charge is 0.573 e. The van der Waals surface area contributed by atoms with Crippen molar-refractivity contribution in [2.24, 2.45) is 0 Å². The Bertz CT molecular complexity index is 522. The molecular weight excluding hydrogens is 319 g/mol. The van der Waals surface area contributed by atoms with Gasteiger partial charge >= 0.3 is 12.3 Å². The van der Waals surface area contributed by atoms with Crippen molar-refractivity contribution in [3.63, 3.8) is 0 Å². The molecule has 0 heterocycles. The Labute approximate surface area is 108 Å². The van der Waals surface area contributed by atoms with Gasteiger partial charge in [0.25, 0.3) is 0 Å². The highest BCUT2D eigenvalue weighted by atomic mass is 79.9. The molecule has 0 aliphatic carbocycles. The third-order valence-corrected chi connectivity index (χ3v) is 2.46. The summed E-state index contributed by atoms with van der Waals surface area (Å²) in [6, 6.07) is 3.95. The first-order valence-electron chi connectivity index (χ1n) is 4.36. The molecule has 1 aromatic rings. The fraction of sp³-hybridized carbons (Fsp3) is 0.200. The zero-order valence-corrected chi connectivity index (χ0v) is 10.4. The number of rotatable bonds is 2.